The summed E-state index contributed by atoms with van der Waals surface area (Å²) in [5, 5.41) is 3.72. The number of hydrogen-bond acceptors (Lipinski definition) is 5. The molecule has 0 aliphatic carbocycles. The standard InChI is InChI=1S/C11H13N3O4S/c1-14-9(4-6-12-14)5-7-13-19(16,17)11-3-2-10(8-15)18-11/h2-4,6,8,13H,5,7H2,1H3. The summed E-state index contributed by atoms with van der Waals surface area (Å²) in [6.45, 7) is 0.221. The highest BCUT2D eigenvalue weighted by molar-refractivity contribution is 7.89. The molecule has 0 aliphatic heterocycles. The lowest BCUT2D eigenvalue weighted by Gasteiger charge is -2.04. The average Bonchev–Trinajstić information content (AvgIpc) is 2.99. The summed E-state index contributed by atoms with van der Waals surface area (Å²) in [6, 6.07) is 4.37. The van der Waals surface area contributed by atoms with Crippen molar-refractivity contribution in [2.75, 3.05) is 6.54 Å². The minimum Gasteiger partial charge on any atom is -0.440 e. The predicted octanol–water partition coefficient (Wildman–Crippen LogP) is 0.347. The van der Waals surface area contributed by atoms with E-state index in [1.54, 1.807) is 17.9 Å². The highest BCUT2D eigenvalue weighted by Crippen LogP contribution is 2.12. The van der Waals surface area contributed by atoms with Crippen LogP contribution in [0, 0.1) is 0 Å². The zero-order valence-corrected chi connectivity index (χ0v) is 11.1. The van der Waals surface area contributed by atoms with Crippen LogP contribution < -0.4 is 4.72 Å². The van der Waals surface area contributed by atoms with Crippen molar-refractivity contribution in [1.29, 1.82) is 0 Å². The molecule has 2 rings (SSSR count). The number of aromatic nitrogens is 2. The molecule has 0 saturated carbocycles. The van der Waals surface area contributed by atoms with Crippen LogP contribution in [0.1, 0.15) is 16.2 Å². The van der Waals surface area contributed by atoms with Gasteiger partial charge in [-0.1, -0.05) is 0 Å². The number of furan rings is 1. The molecule has 0 unspecified atom stereocenters. The first-order valence-corrected chi connectivity index (χ1v) is 7.03. The van der Waals surface area contributed by atoms with Gasteiger partial charge >= 0.3 is 0 Å². The summed E-state index contributed by atoms with van der Waals surface area (Å²) in [5.74, 6) is -0.0213. The van der Waals surface area contributed by atoms with Crippen molar-refractivity contribution in [3.63, 3.8) is 0 Å². The van der Waals surface area contributed by atoms with E-state index in [1.165, 1.54) is 12.1 Å². The molecule has 2 heterocycles. The first-order valence-electron chi connectivity index (χ1n) is 5.54. The molecule has 0 amide bonds. The van der Waals surface area contributed by atoms with Crippen molar-refractivity contribution in [3.05, 3.63) is 35.9 Å². The molecule has 0 atom stereocenters. The number of aryl methyl sites for hydroxylation is 1. The molecule has 19 heavy (non-hydrogen) atoms. The van der Waals surface area contributed by atoms with Crippen LogP contribution in [0.25, 0.3) is 0 Å². The minimum absolute atomic E-state index is 0.0213. The van der Waals surface area contributed by atoms with Crippen molar-refractivity contribution in [2.45, 2.75) is 11.5 Å². The van der Waals surface area contributed by atoms with Gasteiger partial charge in [-0.3, -0.25) is 9.48 Å². The summed E-state index contributed by atoms with van der Waals surface area (Å²) >= 11 is 0. The van der Waals surface area contributed by atoms with Crippen LogP contribution in [-0.4, -0.2) is 31.0 Å². The highest BCUT2D eigenvalue weighted by Gasteiger charge is 2.18. The van der Waals surface area contributed by atoms with Gasteiger partial charge in [0.05, 0.1) is 0 Å². The van der Waals surface area contributed by atoms with E-state index in [9.17, 15) is 13.2 Å². The Morgan fingerprint density at radius 1 is 1.42 bits per heavy atom. The molecule has 0 fully saturated rings. The van der Waals surface area contributed by atoms with E-state index in [0.29, 0.717) is 12.7 Å². The lowest BCUT2D eigenvalue weighted by Crippen LogP contribution is -2.26. The van der Waals surface area contributed by atoms with Crippen molar-refractivity contribution in [2.24, 2.45) is 7.05 Å². The molecule has 0 radical (unpaired) electrons. The molecule has 2 aromatic heterocycles. The molecule has 102 valence electrons. The first-order chi connectivity index (χ1) is 9.03. The number of aldehydes is 1. The maximum absolute atomic E-state index is 11.8. The molecule has 0 spiro atoms. The first kappa shape index (κ1) is 13.5. The van der Waals surface area contributed by atoms with Crippen LogP contribution in [0.15, 0.2) is 33.9 Å². The molecule has 0 bridgehead atoms. The summed E-state index contributed by atoms with van der Waals surface area (Å²) in [5.41, 5.74) is 0.913. The predicted molar refractivity (Wildman–Crippen MR) is 66.2 cm³/mol. The largest absolute Gasteiger partial charge is 0.440 e. The highest BCUT2D eigenvalue weighted by atomic mass is 32.2. The fourth-order valence-corrected chi connectivity index (χ4v) is 2.54. The van der Waals surface area contributed by atoms with Gasteiger partial charge in [-0.25, -0.2) is 13.1 Å². The lowest BCUT2D eigenvalue weighted by molar-refractivity contribution is 0.109. The fraction of sp³-hybridized carbons (Fsp3) is 0.273. The van der Waals surface area contributed by atoms with Gasteiger partial charge in [0.1, 0.15) is 0 Å². The number of nitrogens with one attached hydrogen (secondary N) is 1. The molecular weight excluding hydrogens is 270 g/mol. The Balaban J connectivity index is 1.98. The summed E-state index contributed by atoms with van der Waals surface area (Å²) in [4.78, 5) is 10.4. The molecule has 0 saturated heterocycles. The number of sulfonamides is 1. The number of nitrogens with zero attached hydrogens (tertiary/aromatic N) is 2. The van der Waals surface area contributed by atoms with Gasteiger partial charge < -0.3 is 4.42 Å². The SMILES string of the molecule is Cn1nccc1CCNS(=O)(=O)c1ccc(C=O)o1. The van der Waals surface area contributed by atoms with E-state index in [1.807, 2.05) is 6.07 Å². The van der Waals surface area contributed by atoms with Gasteiger partial charge in [0.15, 0.2) is 12.0 Å². The molecule has 7 nitrogen and oxygen atoms in total. The molecule has 0 aromatic carbocycles. The second-order valence-corrected chi connectivity index (χ2v) is 5.57. The second kappa shape index (κ2) is 5.37. The van der Waals surface area contributed by atoms with Crippen LogP contribution in [-0.2, 0) is 23.5 Å². The summed E-state index contributed by atoms with van der Waals surface area (Å²) in [7, 11) is -1.94. The summed E-state index contributed by atoms with van der Waals surface area (Å²) in [6.07, 6.45) is 2.61. The van der Waals surface area contributed by atoms with E-state index >= 15 is 0 Å². The van der Waals surface area contributed by atoms with Gasteiger partial charge in [-0.2, -0.15) is 5.10 Å². The Kier molecular flexibility index (Phi) is 3.82. The maximum Gasteiger partial charge on any atom is 0.273 e. The Morgan fingerprint density at radius 3 is 2.79 bits per heavy atom. The van der Waals surface area contributed by atoms with E-state index in [4.69, 9.17) is 4.42 Å². The van der Waals surface area contributed by atoms with Crippen molar-refractivity contribution >= 4 is 16.3 Å². The zero-order valence-electron chi connectivity index (χ0n) is 10.2. The van der Waals surface area contributed by atoms with Crippen molar-refractivity contribution < 1.29 is 17.6 Å². The Morgan fingerprint density at radius 2 is 2.21 bits per heavy atom. The monoisotopic (exact) mass is 283 g/mol. The smallest absolute Gasteiger partial charge is 0.273 e. The van der Waals surface area contributed by atoms with Gasteiger partial charge in [0, 0.05) is 31.9 Å². The fourth-order valence-electron chi connectivity index (χ4n) is 1.57. The molecule has 2 aromatic rings. The van der Waals surface area contributed by atoms with E-state index in [-0.39, 0.29) is 17.4 Å². The van der Waals surface area contributed by atoms with Gasteiger partial charge in [-0.05, 0) is 18.2 Å². The molecule has 1 N–H and O–H groups in total. The number of hydrogen-bond donors (Lipinski definition) is 1. The van der Waals surface area contributed by atoms with Crippen LogP contribution in [0.3, 0.4) is 0 Å². The van der Waals surface area contributed by atoms with Crippen LogP contribution in [0.5, 0.6) is 0 Å². The lowest BCUT2D eigenvalue weighted by atomic mass is 10.3. The summed E-state index contributed by atoms with van der Waals surface area (Å²) < 4.78 is 32.6. The van der Waals surface area contributed by atoms with Gasteiger partial charge in [-0.15, -0.1) is 0 Å². The Bertz CT molecular complexity index is 672. The van der Waals surface area contributed by atoms with Crippen molar-refractivity contribution in [1.82, 2.24) is 14.5 Å². The van der Waals surface area contributed by atoms with Crippen LogP contribution in [0.2, 0.25) is 0 Å². The number of carbonyl (C=O) groups excluding carboxylic acids is 1. The van der Waals surface area contributed by atoms with E-state index in [0.717, 1.165) is 5.69 Å². The normalized spacial score (nSPS) is 11.6. The van der Waals surface area contributed by atoms with Gasteiger partial charge in [0.2, 0.25) is 5.09 Å². The Labute approximate surface area is 110 Å². The molecule has 8 heteroatoms. The third-order valence-electron chi connectivity index (χ3n) is 2.58. The topological polar surface area (TPSA) is 94.2 Å². The number of rotatable bonds is 6. The molecular formula is C11H13N3O4S. The zero-order chi connectivity index (χ0) is 13.9. The minimum atomic E-state index is -3.72. The van der Waals surface area contributed by atoms with E-state index < -0.39 is 10.0 Å². The van der Waals surface area contributed by atoms with E-state index in [2.05, 4.69) is 9.82 Å². The van der Waals surface area contributed by atoms with Crippen LogP contribution >= 0.6 is 0 Å². The third kappa shape index (κ3) is 3.09. The quantitative estimate of drug-likeness (QED) is 0.772. The van der Waals surface area contributed by atoms with Crippen LogP contribution in [0.4, 0.5) is 0 Å². The average molecular weight is 283 g/mol. The Hall–Kier alpha value is -1.93. The third-order valence-corrected chi connectivity index (χ3v) is 3.91. The van der Waals surface area contributed by atoms with Gasteiger partial charge in [0.25, 0.3) is 10.0 Å². The maximum atomic E-state index is 11.8. The van der Waals surface area contributed by atoms with Crippen molar-refractivity contribution in [3.8, 4) is 0 Å². The molecule has 0 aliphatic rings. The second-order valence-electron chi connectivity index (χ2n) is 3.87. The number of carbonyl (C=O) groups is 1.